The third-order valence-electron chi connectivity index (χ3n) is 4.72. The predicted molar refractivity (Wildman–Crippen MR) is 101 cm³/mol. The lowest BCUT2D eigenvalue weighted by atomic mass is 10.2. The summed E-state index contributed by atoms with van der Waals surface area (Å²) in [6.45, 7) is 1.76. The second-order valence-electron chi connectivity index (χ2n) is 6.83. The van der Waals surface area contributed by atoms with Crippen LogP contribution >= 0.6 is 0 Å². The molecule has 12 heteroatoms. The van der Waals surface area contributed by atoms with Gasteiger partial charge in [-0.3, -0.25) is 9.36 Å². The van der Waals surface area contributed by atoms with Gasteiger partial charge in [-0.1, -0.05) is 11.3 Å². The van der Waals surface area contributed by atoms with Crippen LogP contribution in [-0.4, -0.2) is 29.2 Å². The van der Waals surface area contributed by atoms with E-state index in [1.54, 1.807) is 19.1 Å². The van der Waals surface area contributed by atoms with E-state index in [1.165, 1.54) is 10.7 Å². The SMILES string of the molecule is Cc1ccc(O)c(-n2nnc3cc(F)c(-n4c(=O)cc(C(F)(F)F)n(C)c4=O)cc32)c1. The number of hydrogen-bond acceptors (Lipinski definition) is 5. The van der Waals surface area contributed by atoms with Crippen LogP contribution in [0, 0.1) is 12.7 Å². The summed E-state index contributed by atoms with van der Waals surface area (Å²) in [5, 5.41) is 17.8. The van der Waals surface area contributed by atoms with Crippen LogP contribution in [0.4, 0.5) is 17.6 Å². The zero-order chi connectivity index (χ0) is 22.7. The summed E-state index contributed by atoms with van der Waals surface area (Å²) in [4.78, 5) is 24.9. The van der Waals surface area contributed by atoms with Gasteiger partial charge in [-0.15, -0.1) is 5.10 Å². The molecule has 4 rings (SSSR count). The number of aryl methyl sites for hydroxylation is 1. The molecule has 0 aliphatic carbocycles. The van der Waals surface area contributed by atoms with Crippen molar-refractivity contribution in [3.8, 4) is 17.1 Å². The molecule has 1 N–H and O–H groups in total. The van der Waals surface area contributed by atoms with Crippen LogP contribution in [0.25, 0.3) is 22.4 Å². The number of aromatic hydroxyl groups is 1. The maximum Gasteiger partial charge on any atom is 0.431 e. The average molecular weight is 435 g/mol. The van der Waals surface area contributed by atoms with E-state index in [9.17, 15) is 32.3 Å². The lowest BCUT2D eigenvalue weighted by Gasteiger charge is -2.14. The van der Waals surface area contributed by atoms with Gasteiger partial charge in [0.05, 0.1) is 11.2 Å². The number of nitrogens with zero attached hydrogens (tertiary/aromatic N) is 5. The lowest BCUT2D eigenvalue weighted by molar-refractivity contribution is -0.144. The molecule has 4 aromatic rings. The lowest BCUT2D eigenvalue weighted by Crippen LogP contribution is -2.41. The van der Waals surface area contributed by atoms with Crippen molar-refractivity contribution in [1.29, 1.82) is 0 Å². The number of hydrogen-bond donors (Lipinski definition) is 1. The molecular weight excluding hydrogens is 422 g/mol. The van der Waals surface area contributed by atoms with Crippen LogP contribution < -0.4 is 11.2 Å². The maximum atomic E-state index is 14.7. The highest BCUT2D eigenvalue weighted by Crippen LogP contribution is 2.29. The Kier molecular flexibility index (Phi) is 4.45. The molecule has 0 fully saturated rings. The molecule has 160 valence electrons. The minimum absolute atomic E-state index is 0.0407. The second-order valence-corrected chi connectivity index (χ2v) is 6.83. The highest BCUT2D eigenvalue weighted by atomic mass is 19.4. The van der Waals surface area contributed by atoms with Gasteiger partial charge in [-0.05, 0) is 30.7 Å². The van der Waals surface area contributed by atoms with E-state index in [4.69, 9.17) is 0 Å². The molecule has 0 aliphatic rings. The first-order valence-corrected chi connectivity index (χ1v) is 8.74. The number of alkyl halides is 3. The third kappa shape index (κ3) is 3.25. The van der Waals surface area contributed by atoms with Crippen molar-refractivity contribution >= 4 is 11.0 Å². The van der Waals surface area contributed by atoms with Crippen LogP contribution in [0.2, 0.25) is 0 Å². The van der Waals surface area contributed by atoms with Gasteiger partial charge in [0.1, 0.15) is 28.5 Å². The van der Waals surface area contributed by atoms with Crippen molar-refractivity contribution in [2.45, 2.75) is 13.1 Å². The first-order chi connectivity index (χ1) is 14.5. The van der Waals surface area contributed by atoms with Crippen LogP contribution in [0.5, 0.6) is 5.75 Å². The molecule has 0 aliphatic heterocycles. The molecule has 0 amide bonds. The fraction of sp³-hybridized carbons (Fsp3) is 0.158. The van der Waals surface area contributed by atoms with Gasteiger partial charge in [0.15, 0.2) is 0 Å². The van der Waals surface area contributed by atoms with Crippen LogP contribution in [0.1, 0.15) is 11.3 Å². The van der Waals surface area contributed by atoms with Crippen molar-refractivity contribution in [3.05, 3.63) is 74.3 Å². The van der Waals surface area contributed by atoms with E-state index in [0.29, 0.717) is 0 Å². The van der Waals surface area contributed by atoms with Crippen molar-refractivity contribution < 1.29 is 22.7 Å². The molecule has 0 saturated carbocycles. The summed E-state index contributed by atoms with van der Waals surface area (Å²) < 4.78 is 55.6. The summed E-state index contributed by atoms with van der Waals surface area (Å²) in [6.07, 6.45) is -4.94. The summed E-state index contributed by atoms with van der Waals surface area (Å²) >= 11 is 0. The summed E-state index contributed by atoms with van der Waals surface area (Å²) in [6, 6.07) is 6.81. The number of rotatable bonds is 2. The molecule has 0 atom stereocenters. The molecule has 2 aromatic carbocycles. The van der Waals surface area contributed by atoms with E-state index in [1.807, 2.05) is 0 Å². The molecule has 0 unspecified atom stereocenters. The topological polar surface area (TPSA) is 94.9 Å². The third-order valence-corrected chi connectivity index (χ3v) is 4.72. The van der Waals surface area contributed by atoms with E-state index in [2.05, 4.69) is 10.3 Å². The van der Waals surface area contributed by atoms with Gasteiger partial charge in [0.25, 0.3) is 5.56 Å². The first kappa shape index (κ1) is 20.3. The molecule has 2 heterocycles. The van der Waals surface area contributed by atoms with E-state index in [0.717, 1.165) is 24.7 Å². The van der Waals surface area contributed by atoms with Gasteiger partial charge in [0.2, 0.25) is 0 Å². The Morgan fingerprint density at radius 3 is 2.42 bits per heavy atom. The van der Waals surface area contributed by atoms with Crippen molar-refractivity contribution in [1.82, 2.24) is 24.1 Å². The summed E-state index contributed by atoms with van der Waals surface area (Å²) in [5.74, 6) is -1.22. The zero-order valence-electron chi connectivity index (χ0n) is 16.0. The van der Waals surface area contributed by atoms with Gasteiger partial charge < -0.3 is 5.11 Å². The van der Waals surface area contributed by atoms with E-state index in [-0.39, 0.29) is 37.7 Å². The highest BCUT2D eigenvalue weighted by Gasteiger charge is 2.35. The molecular formula is C19H13F4N5O3. The normalized spacial score (nSPS) is 11.9. The molecule has 0 saturated heterocycles. The Balaban J connectivity index is 2.02. The predicted octanol–water partition coefficient (Wildman–Crippen LogP) is 2.44. The number of aromatic nitrogens is 5. The molecule has 2 aromatic heterocycles. The van der Waals surface area contributed by atoms with Crippen molar-refractivity contribution in [2.75, 3.05) is 0 Å². The Hall–Kier alpha value is -3.96. The Labute approximate surface area is 170 Å². The standard InChI is InChI=1S/C19H13F4N5O3/c1-9-3-4-15(29)14(5-9)28-13-7-12(10(20)6-11(13)24-25-28)27-17(30)8-16(19(21,22)23)26(2)18(27)31/h3-8,29H,1-2H3. The van der Waals surface area contributed by atoms with Crippen LogP contribution in [-0.2, 0) is 13.2 Å². The van der Waals surface area contributed by atoms with E-state index >= 15 is 0 Å². The number of phenolic OH excluding ortho intramolecular Hbond substituents is 1. The quantitative estimate of drug-likeness (QED) is 0.488. The van der Waals surface area contributed by atoms with Crippen molar-refractivity contribution in [2.24, 2.45) is 7.05 Å². The maximum absolute atomic E-state index is 14.7. The minimum Gasteiger partial charge on any atom is -0.506 e. The Bertz CT molecular complexity index is 1470. The summed E-state index contributed by atoms with van der Waals surface area (Å²) in [5.41, 5.74) is -3.65. The first-order valence-electron chi connectivity index (χ1n) is 8.74. The highest BCUT2D eigenvalue weighted by molar-refractivity contribution is 5.79. The Morgan fingerprint density at radius 2 is 1.74 bits per heavy atom. The molecule has 0 bridgehead atoms. The zero-order valence-corrected chi connectivity index (χ0v) is 16.0. The molecule has 31 heavy (non-hydrogen) atoms. The number of fused-ring (bicyclic) bond motifs is 1. The summed E-state index contributed by atoms with van der Waals surface area (Å²) in [7, 11) is 0.828. The van der Waals surface area contributed by atoms with Gasteiger partial charge in [-0.25, -0.2) is 18.4 Å². The van der Waals surface area contributed by atoms with Crippen LogP contribution in [0.15, 0.2) is 46.0 Å². The fourth-order valence-corrected chi connectivity index (χ4v) is 3.20. The van der Waals surface area contributed by atoms with Gasteiger partial charge >= 0.3 is 11.9 Å². The number of phenols is 1. The van der Waals surface area contributed by atoms with Gasteiger partial charge in [0, 0.05) is 19.2 Å². The number of halogens is 4. The largest absolute Gasteiger partial charge is 0.506 e. The Morgan fingerprint density at radius 1 is 1.03 bits per heavy atom. The van der Waals surface area contributed by atoms with Crippen LogP contribution in [0.3, 0.4) is 0 Å². The molecule has 8 nitrogen and oxygen atoms in total. The van der Waals surface area contributed by atoms with Crippen molar-refractivity contribution in [3.63, 3.8) is 0 Å². The smallest absolute Gasteiger partial charge is 0.431 e. The molecule has 0 spiro atoms. The second kappa shape index (κ2) is 6.79. The number of benzene rings is 2. The molecule has 0 radical (unpaired) electrons. The average Bonchev–Trinajstić information content (AvgIpc) is 3.08. The van der Waals surface area contributed by atoms with Gasteiger partial charge in [-0.2, -0.15) is 13.2 Å². The fourth-order valence-electron chi connectivity index (χ4n) is 3.20. The minimum atomic E-state index is -4.94. The monoisotopic (exact) mass is 435 g/mol. The van der Waals surface area contributed by atoms with E-state index < -0.39 is 34.6 Å².